The molecule has 0 bridgehead atoms. The number of halogens is 5. The van der Waals surface area contributed by atoms with Gasteiger partial charge < -0.3 is 5.32 Å². The Morgan fingerprint density at radius 1 is 0.786 bits per heavy atom. The van der Waals surface area contributed by atoms with E-state index in [0.717, 1.165) is 0 Å². The third kappa shape index (κ3) is 2.05. The molecule has 0 spiro atoms. The average molecular weight is 293 g/mol. The van der Waals surface area contributed by atoms with Gasteiger partial charge in [0.15, 0.2) is 0 Å². The quantitative estimate of drug-likeness (QED) is 0.485. The molecular formula is C7H2Cl5NO. The Morgan fingerprint density at radius 2 is 1.14 bits per heavy atom. The maximum absolute atomic E-state index is 10.2. The zero-order valence-corrected chi connectivity index (χ0v) is 10.2. The van der Waals surface area contributed by atoms with E-state index in [4.69, 9.17) is 58.0 Å². The van der Waals surface area contributed by atoms with Crippen LogP contribution >= 0.6 is 58.0 Å². The molecule has 2 nitrogen and oxygen atoms in total. The van der Waals surface area contributed by atoms with Gasteiger partial charge in [-0.15, -0.1) is 0 Å². The fraction of sp³-hybridized carbons (Fsp3) is 0. The molecule has 0 radical (unpaired) electrons. The van der Waals surface area contributed by atoms with Gasteiger partial charge in [0.05, 0.1) is 30.8 Å². The molecule has 0 saturated carbocycles. The van der Waals surface area contributed by atoms with Gasteiger partial charge in [-0.25, -0.2) is 0 Å². The number of benzene rings is 1. The normalized spacial score (nSPS) is 10.1. The fourth-order valence-electron chi connectivity index (χ4n) is 0.791. The molecule has 0 unspecified atom stereocenters. The van der Waals surface area contributed by atoms with Crippen molar-refractivity contribution in [2.45, 2.75) is 0 Å². The van der Waals surface area contributed by atoms with Gasteiger partial charge in [0.2, 0.25) is 6.41 Å². The molecule has 1 rings (SSSR count). The second-order valence-electron chi connectivity index (χ2n) is 2.21. The molecule has 7 heteroatoms. The van der Waals surface area contributed by atoms with Crippen LogP contribution in [0.25, 0.3) is 0 Å². The Kier molecular flexibility index (Phi) is 4.16. The average Bonchev–Trinajstić information content (AvgIpc) is 2.19. The summed E-state index contributed by atoms with van der Waals surface area (Å²) in [5, 5.41) is 2.54. The zero-order valence-electron chi connectivity index (χ0n) is 6.38. The van der Waals surface area contributed by atoms with Crippen LogP contribution in [0.4, 0.5) is 5.69 Å². The van der Waals surface area contributed by atoms with Gasteiger partial charge in [0.1, 0.15) is 0 Å². The van der Waals surface area contributed by atoms with Gasteiger partial charge >= 0.3 is 0 Å². The Hall–Kier alpha value is 0.140. The molecule has 0 aliphatic rings. The van der Waals surface area contributed by atoms with Crippen LogP contribution in [0.2, 0.25) is 25.1 Å². The first-order valence-electron chi connectivity index (χ1n) is 3.22. The summed E-state index contributed by atoms with van der Waals surface area (Å²) in [5.74, 6) is 0. The summed E-state index contributed by atoms with van der Waals surface area (Å²) >= 11 is 28.7. The summed E-state index contributed by atoms with van der Waals surface area (Å²) in [4.78, 5) is 10.2. The largest absolute Gasteiger partial charge is 0.326 e. The number of nitrogens with one attached hydrogen (secondary N) is 1. The minimum Gasteiger partial charge on any atom is -0.326 e. The molecule has 1 aromatic carbocycles. The van der Waals surface area contributed by atoms with Gasteiger partial charge in [0, 0.05) is 0 Å². The van der Waals surface area contributed by atoms with Gasteiger partial charge in [0.25, 0.3) is 0 Å². The van der Waals surface area contributed by atoms with E-state index in [1.54, 1.807) is 0 Å². The van der Waals surface area contributed by atoms with E-state index < -0.39 is 0 Å². The van der Waals surface area contributed by atoms with Crippen molar-refractivity contribution in [3.63, 3.8) is 0 Å². The SMILES string of the molecule is O=CNc1c(Cl)c(Cl)c(Cl)c(Cl)c1Cl. The summed E-state index contributed by atoms with van der Waals surface area (Å²) in [7, 11) is 0. The number of rotatable bonds is 2. The summed E-state index contributed by atoms with van der Waals surface area (Å²) in [6, 6.07) is 0. The molecule has 76 valence electrons. The lowest BCUT2D eigenvalue weighted by Crippen LogP contribution is -1.97. The van der Waals surface area contributed by atoms with Crippen LogP contribution in [-0.2, 0) is 4.79 Å². The molecule has 14 heavy (non-hydrogen) atoms. The van der Waals surface area contributed by atoms with Crippen LogP contribution in [0, 0.1) is 0 Å². The molecule has 1 N–H and O–H groups in total. The van der Waals surface area contributed by atoms with Crippen LogP contribution in [0.5, 0.6) is 0 Å². The molecule has 0 saturated heterocycles. The van der Waals surface area contributed by atoms with Crippen molar-refractivity contribution in [2.24, 2.45) is 0 Å². The second kappa shape index (κ2) is 4.77. The first-order valence-corrected chi connectivity index (χ1v) is 5.11. The molecule has 0 heterocycles. The van der Waals surface area contributed by atoms with Crippen LogP contribution in [0.15, 0.2) is 0 Å². The third-order valence-electron chi connectivity index (χ3n) is 1.41. The highest BCUT2D eigenvalue weighted by Gasteiger charge is 2.18. The van der Waals surface area contributed by atoms with Crippen molar-refractivity contribution in [1.29, 1.82) is 0 Å². The Morgan fingerprint density at radius 3 is 1.50 bits per heavy atom. The van der Waals surface area contributed by atoms with Crippen molar-refractivity contribution in [3.05, 3.63) is 25.1 Å². The van der Waals surface area contributed by atoms with E-state index in [1.165, 1.54) is 0 Å². The minimum absolute atomic E-state index is 0.0482. The number of hydrogen-bond donors (Lipinski definition) is 1. The molecule has 0 aromatic heterocycles. The smallest absolute Gasteiger partial charge is 0.211 e. The van der Waals surface area contributed by atoms with Crippen LogP contribution in [-0.4, -0.2) is 6.41 Å². The Labute approximate surface area is 105 Å². The van der Waals surface area contributed by atoms with Crippen molar-refractivity contribution < 1.29 is 4.79 Å². The van der Waals surface area contributed by atoms with Crippen LogP contribution < -0.4 is 5.32 Å². The lowest BCUT2D eigenvalue weighted by molar-refractivity contribution is -0.105. The minimum atomic E-state index is 0.0482. The molecule has 1 amide bonds. The molecule has 1 aromatic rings. The zero-order chi connectivity index (χ0) is 10.9. The molecule has 0 atom stereocenters. The van der Waals surface area contributed by atoms with Crippen molar-refractivity contribution >= 4 is 70.1 Å². The molecule has 0 aliphatic heterocycles. The highest BCUT2D eigenvalue weighted by molar-refractivity contribution is 6.56. The standard InChI is InChI=1S/C7H2Cl5NO/c8-2-3(9)5(11)7(13-1-14)6(12)4(2)10/h1H,(H,13,14). The lowest BCUT2D eigenvalue weighted by Gasteiger charge is -2.10. The molecule has 0 aliphatic carbocycles. The van der Waals surface area contributed by atoms with Crippen molar-refractivity contribution in [3.8, 4) is 0 Å². The third-order valence-corrected chi connectivity index (χ3v) is 3.69. The maximum Gasteiger partial charge on any atom is 0.211 e. The van der Waals surface area contributed by atoms with E-state index in [9.17, 15) is 4.79 Å². The van der Waals surface area contributed by atoms with Crippen molar-refractivity contribution in [1.82, 2.24) is 0 Å². The van der Waals surface area contributed by atoms with Crippen LogP contribution in [0.1, 0.15) is 0 Å². The van der Waals surface area contributed by atoms with E-state index in [0.29, 0.717) is 6.41 Å². The van der Waals surface area contributed by atoms with Gasteiger partial charge in [-0.1, -0.05) is 58.0 Å². The number of hydrogen-bond acceptors (Lipinski definition) is 1. The van der Waals surface area contributed by atoms with Crippen LogP contribution in [0.3, 0.4) is 0 Å². The van der Waals surface area contributed by atoms with E-state index in [2.05, 4.69) is 5.32 Å². The van der Waals surface area contributed by atoms with E-state index in [1.807, 2.05) is 0 Å². The number of amides is 1. The number of carbonyl (C=O) groups is 1. The lowest BCUT2D eigenvalue weighted by atomic mass is 10.3. The fourth-order valence-corrected chi connectivity index (χ4v) is 2.04. The van der Waals surface area contributed by atoms with Gasteiger partial charge in [-0.3, -0.25) is 4.79 Å². The first-order chi connectivity index (χ1) is 6.50. The van der Waals surface area contributed by atoms with E-state index in [-0.39, 0.29) is 30.8 Å². The number of carbonyl (C=O) groups excluding carboxylic acids is 1. The topological polar surface area (TPSA) is 29.1 Å². The van der Waals surface area contributed by atoms with Gasteiger partial charge in [-0.2, -0.15) is 0 Å². The predicted octanol–water partition coefficient (Wildman–Crippen LogP) is 4.52. The summed E-state index contributed by atoms with van der Waals surface area (Å²) in [6.45, 7) is 0. The predicted molar refractivity (Wildman–Crippen MR) is 61.2 cm³/mol. The summed E-state index contributed by atoms with van der Waals surface area (Å²) in [6.07, 6.45) is 0.410. The van der Waals surface area contributed by atoms with Crippen molar-refractivity contribution in [2.75, 3.05) is 5.32 Å². The first kappa shape index (κ1) is 12.2. The molecular weight excluding hydrogens is 291 g/mol. The monoisotopic (exact) mass is 291 g/mol. The molecule has 0 fully saturated rings. The van der Waals surface area contributed by atoms with Gasteiger partial charge in [-0.05, 0) is 0 Å². The Bertz CT molecular complexity index is 363. The highest BCUT2D eigenvalue weighted by atomic mass is 35.5. The summed E-state index contributed by atoms with van der Waals surface area (Å²) in [5.41, 5.74) is 0.141. The Balaban J connectivity index is 3.50. The number of anilines is 1. The summed E-state index contributed by atoms with van der Waals surface area (Å²) < 4.78 is 0. The van der Waals surface area contributed by atoms with E-state index >= 15 is 0 Å². The maximum atomic E-state index is 10.2. The second-order valence-corrected chi connectivity index (χ2v) is 4.10. The highest BCUT2D eigenvalue weighted by Crippen LogP contribution is 2.46.